The van der Waals surface area contributed by atoms with Crippen molar-refractivity contribution in [2.24, 2.45) is 10.2 Å². The second kappa shape index (κ2) is 5.13. The van der Waals surface area contributed by atoms with E-state index >= 15 is 0 Å². The molecule has 2 unspecified atom stereocenters. The van der Waals surface area contributed by atoms with Crippen LogP contribution in [0.4, 0.5) is 0 Å². The highest BCUT2D eigenvalue weighted by atomic mass is 15.2. The Balaban J connectivity index is 2.49. The first-order valence-corrected chi connectivity index (χ1v) is 6.13. The number of azide groups is 2. The van der Waals surface area contributed by atoms with Gasteiger partial charge in [0.2, 0.25) is 0 Å². The van der Waals surface area contributed by atoms with Crippen molar-refractivity contribution in [1.82, 2.24) is 0 Å². The molecule has 6 heteroatoms. The van der Waals surface area contributed by atoms with Gasteiger partial charge < -0.3 is 0 Å². The number of allylic oxidation sites excluding steroid dienone is 1. The van der Waals surface area contributed by atoms with Crippen molar-refractivity contribution < 1.29 is 0 Å². The number of nitrogens with zero attached hydrogens (tertiary/aromatic N) is 6. The van der Waals surface area contributed by atoms with Crippen LogP contribution >= 0.6 is 0 Å². The third-order valence-corrected chi connectivity index (χ3v) is 3.85. The molecule has 1 saturated carbocycles. The van der Waals surface area contributed by atoms with Gasteiger partial charge in [-0.3, -0.25) is 0 Å². The summed E-state index contributed by atoms with van der Waals surface area (Å²) in [4.78, 5) is 5.94. The number of fused-ring (bicyclic) bond motifs is 1. The Morgan fingerprint density at radius 3 is 2.88 bits per heavy atom. The van der Waals surface area contributed by atoms with E-state index in [9.17, 15) is 0 Å². The van der Waals surface area contributed by atoms with Crippen LogP contribution in [0.5, 0.6) is 0 Å². The van der Waals surface area contributed by atoms with E-state index in [0.29, 0.717) is 0 Å². The molecule has 0 saturated heterocycles. The van der Waals surface area contributed by atoms with Crippen LogP contribution in [-0.2, 0) is 0 Å². The summed E-state index contributed by atoms with van der Waals surface area (Å²) in [5.74, 6) is 0. The van der Waals surface area contributed by atoms with Gasteiger partial charge in [-0.1, -0.05) is 28.3 Å². The minimum Gasteiger partial charge on any atom is -0.0896 e. The lowest BCUT2D eigenvalue weighted by molar-refractivity contribution is 0.342. The highest BCUT2D eigenvalue weighted by molar-refractivity contribution is 5.28. The summed E-state index contributed by atoms with van der Waals surface area (Å²) in [6, 6.07) is -0.211. The zero-order valence-electron chi connectivity index (χ0n) is 9.79. The lowest BCUT2D eigenvalue weighted by Gasteiger charge is -2.37. The summed E-state index contributed by atoms with van der Waals surface area (Å²) >= 11 is 0. The summed E-state index contributed by atoms with van der Waals surface area (Å²) in [6.07, 6.45) is 8.95. The van der Waals surface area contributed by atoms with Crippen LogP contribution in [0.1, 0.15) is 44.9 Å². The Hall–Kier alpha value is -1.64. The standard InChI is InChI=1S/C11H16N6/c12-16-14-10-7-2-1-5-9-6-3-4-8-11(9,10)15-17-13/h6,10H,1-5,7-8H2. The van der Waals surface area contributed by atoms with Crippen LogP contribution in [-0.4, -0.2) is 11.6 Å². The average Bonchev–Trinajstić information content (AvgIpc) is 2.51. The Bertz CT molecular complexity index is 416. The van der Waals surface area contributed by atoms with E-state index in [-0.39, 0.29) is 6.04 Å². The molecule has 0 aromatic carbocycles. The van der Waals surface area contributed by atoms with Gasteiger partial charge >= 0.3 is 0 Å². The Kier molecular flexibility index (Phi) is 3.57. The Labute approximate surface area is 100.0 Å². The predicted molar refractivity (Wildman–Crippen MR) is 65.2 cm³/mol. The molecular formula is C11H16N6. The molecule has 0 radical (unpaired) electrons. The highest BCUT2D eigenvalue weighted by Gasteiger charge is 2.42. The van der Waals surface area contributed by atoms with Gasteiger partial charge in [-0.15, -0.1) is 0 Å². The van der Waals surface area contributed by atoms with Gasteiger partial charge in [-0.25, -0.2) is 0 Å². The molecule has 90 valence electrons. The average molecular weight is 232 g/mol. The van der Waals surface area contributed by atoms with E-state index in [2.05, 4.69) is 26.1 Å². The van der Waals surface area contributed by atoms with Crippen molar-refractivity contribution >= 4 is 0 Å². The van der Waals surface area contributed by atoms with Crippen molar-refractivity contribution in [2.75, 3.05) is 0 Å². The van der Waals surface area contributed by atoms with Gasteiger partial charge in [0.15, 0.2) is 0 Å². The van der Waals surface area contributed by atoms with Crippen molar-refractivity contribution in [1.29, 1.82) is 0 Å². The first kappa shape index (κ1) is 11.8. The highest BCUT2D eigenvalue weighted by Crippen LogP contribution is 2.43. The van der Waals surface area contributed by atoms with Crippen LogP contribution in [0.2, 0.25) is 0 Å². The van der Waals surface area contributed by atoms with E-state index in [4.69, 9.17) is 11.1 Å². The number of hydrogen-bond acceptors (Lipinski definition) is 2. The second-order valence-corrected chi connectivity index (χ2v) is 4.70. The Morgan fingerprint density at radius 1 is 1.24 bits per heavy atom. The van der Waals surface area contributed by atoms with Crippen LogP contribution in [0.3, 0.4) is 0 Å². The van der Waals surface area contributed by atoms with E-state index < -0.39 is 5.54 Å². The molecule has 1 fully saturated rings. The molecule has 0 spiro atoms. The smallest absolute Gasteiger partial charge is 0.0782 e. The predicted octanol–water partition coefficient (Wildman–Crippen LogP) is 4.40. The molecule has 6 nitrogen and oxygen atoms in total. The SMILES string of the molecule is [N-]=[N+]=NC1CCCCC2=CCCCC21N=[N+]=[N-]. The van der Waals surface area contributed by atoms with Crippen molar-refractivity contribution in [2.45, 2.75) is 56.5 Å². The zero-order chi connectivity index (χ0) is 12.1. The normalized spacial score (nSPS) is 32.2. The fraction of sp³-hybridized carbons (Fsp3) is 0.818. The molecular weight excluding hydrogens is 216 g/mol. The summed E-state index contributed by atoms with van der Waals surface area (Å²) in [7, 11) is 0. The second-order valence-electron chi connectivity index (χ2n) is 4.70. The van der Waals surface area contributed by atoms with Crippen molar-refractivity contribution in [3.05, 3.63) is 32.5 Å². The third kappa shape index (κ3) is 2.09. The van der Waals surface area contributed by atoms with Gasteiger partial charge in [0.25, 0.3) is 0 Å². The molecule has 0 N–H and O–H groups in total. The molecule has 0 aromatic heterocycles. The molecule has 2 rings (SSSR count). The largest absolute Gasteiger partial charge is 0.0896 e. The van der Waals surface area contributed by atoms with Gasteiger partial charge in [0.1, 0.15) is 0 Å². The summed E-state index contributed by atoms with van der Waals surface area (Å²) in [5.41, 5.74) is 18.1. The summed E-state index contributed by atoms with van der Waals surface area (Å²) in [6.45, 7) is 0. The van der Waals surface area contributed by atoms with Crippen LogP contribution in [0.25, 0.3) is 20.9 Å². The Morgan fingerprint density at radius 2 is 2.12 bits per heavy atom. The van der Waals surface area contributed by atoms with Crippen LogP contribution in [0.15, 0.2) is 21.9 Å². The van der Waals surface area contributed by atoms with E-state index in [0.717, 1.165) is 44.9 Å². The number of hydrogen-bond donors (Lipinski definition) is 0. The van der Waals surface area contributed by atoms with E-state index in [1.807, 2.05) is 0 Å². The molecule has 0 heterocycles. The lowest BCUT2D eigenvalue weighted by atomic mass is 9.75. The van der Waals surface area contributed by atoms with E-state index in [1.165, 1.54) is 5.57 Å². The molecule has 0 bridgehead atoms. The molecule has 17 heavy (non-hydrogen) atoms. The molecule has 2 atom stereocenters. The fourth-order valence-electron chi connectivity index (χ4n) is 3.05. The van der Waals surface area contributed by atoms with Gasteiger partial charge in [-0.05, 0) is 49.6 Å². The van der Waals surface area contributed by atoms with Crippen LogP contribution in [0, 0.1) is 0 Å². The maximum atomic E-state index is 8.83. The van der Waals surface area contributed by atoms with Gasteiger partial charge in [0, 0.05) is 9.82 Å². The molecule has 2 aliphatic carbocycles. The first-order chi connectivity index (χ1) is 8.33. The first-order valence-electron chi connectivity index (χ1n) is 6.13. The van der Waals surface area contributed by atoms with Crippen molar-refractivity contribution in [3.63, 3.8) is 0 Å². The zero-order valence-corrected chi connectivity index (χ0v) is 9.79. The minimum atomic E-state index is -0.574. The number of rotatable bonds is 2. The van der Waals surface area contributed by atoms with Gasteiger partial charge in [0.05, 0.1) is 11.6 Å². The molecule has 2 aliphatic rings. The van der Waals surface area contributed by atoms with E-state index in [1.54, 1.807) is 0 Å². The lowest BCUT2D eigenvalue weighted by Crippen LogP contribution is -2.41. The minimum absolute atomic E-state index is 0.211. The quantitative estimate of drug-likeness (QED) is 0.292. The van der Waals surface area contributed by atoms with Crippen molar-refractivity contribution in [3.8, 4) is 0 Å². The molecule has 0 amide bonds. The maximum Gasteiger partial charge on any atom is 0.0782 e. The maximum absolute atomic E-state index is 8.83. The monoisotopic (exact) mass is 232 g/mol. The molecule has 0 aliphatic heterocycles. The van der Waals surface area contributed by atoms with Gasteiger partial charge in [-0.2, -0.15) is 0 Å². The fourth-order valence-corrected chi connectivity index (χ4v) is 3.05. The summed E-state index contributed by atoms with van der Waals surface area (Å²) in [5, 5.41) is 7.94. The van der Waals surface area contributed by atoms with Crippen LogP contribution < -0.4 is 0 Å². The third-order valence-electron chi connectivity index (χ3n) is 3.85. The summed E-state index contributed by atoms with van der Waals surface area (Å²) < 4.78 is 0. The molecule has 0 aromatic rings. The topological polar surface area (TPSA) is 97.5 Å².